The third kappa shape index (κ3) is 4.06. The van der Waals surface area contributed by atoms with Crippen LogP contribution >= 0.6 is 0 Å². The monoisotopic (exact) mass is 209 g/mol. The summed E-state index contributed by atoms with van der Waals surface area (Å²) in [5.74, 6) is -0.314. The molecule has 1 unspecified atom stereocenters. The molecular weight excluding hydrogens is 190 g/mol. The van der Waals surface area contributed by atoms with Crippen LogP contribution in [0, 0.1) is 5.41 Å². The van der Waals surface area contributed by atoms with Gasteiger partial charge in [-0.25, -0.2) is 0 Å². The maximum atomic E-state index is 11.3. The second kappa shape index (κ2) is 4.38. The summed E-state index contributed by atoms with van der Waals surface area (Å²) in [7, 11) is 0. The molecule has 0 spiro atoms. The summed E-state index contributed by atoms with van der Waals surface area (Å²) in [5, 5.41) is 3.11. The highest BCUT2D eigenvalue weighted by molar-refractivity contribution is 5.82. The summed E-state index contributed by atoms with van der Waals surface area (Å²) in [5.41, 5.74) is 6.31. The van der Waals surface area contributed by atoms with Gasteiger partial charge in [-0.05, 0) is 17.9 Å². The number of carbonyl (C=O) groups excluding carboxylic acids is 1. The Kier molecular flexibility index (Phi) is 3.39. The second-order valence-corrected chi connectivity index (χ2v) is 4.96. The molecule has 0 fully saturated rings. The number of aromatic amines is 1. The fraction of sp³-hybridized carbons (Fsp3) is 0.545. The van der Waals surface area contributed by atoms with Crippen LogP contribution in [0.3, 0.4) is 0 Å². The fourth-order valence-corrected chi connectivity index (χ4v) is 1.45. The van der Waals surface area contributed by atoms with Crippen molar-refractivity contribution in [3.8, 4) is 0 Å². The number of aromatic nitrogens is 1. The smallest absolute Gasteiger partial charge is 0.239 e. The number of hydrogen-bond acceptors (Lipinski definition) is 2. The van der Waals surface area contributed by atoms with Crippen LogP contribution in [0.1, 0.15) is 27.2 Å². The van der Waals surface area contributed by atoms with Gasteiger partial charge in [-0.1, -0.05) is 20.8 Å². The molecule has 0 aliphatic carbocycles. The Morgan fingerprint density at radius 1 is 1.60 bits per heavy atom. The molecule has 0 saturated heterocycles. The standard InChI is InChI=1S/C11H19N3O/c1-11(2,3)6-9(10(12)15)14-8-4-5-13-7-8/h4-5,7,9,13-14H,6H2,1-3H3,(H2,12,15). The predicted molar refractivity (Wildman–Crippen MR) is 61.5 cm³/mol. The number of primary amides is 1. The van der Waals surface area contributed by atoms with E-state index >= 15 is 0 Å². The van der Waals surface area contributed by atoms with Crippen LogP contribution in [-0.2, 0) is 4.79 Å². The van der Waals surface area contributed by atoms with E-state index in [0.717, 1.165) is 5.69 Å². The molecule has 1 atom stereocenters. The van der Waals surface area contributed by atoms with E-state index in [1.165, 1.54) is 0 Å². The Hall–Kier alpha value is -1.45. The van der Waals surface area contributed by atoms with Crippen LogP contribution < -0.4 is 11.1 Å². The molecule has 1 rings (SSSR count). The summed E-state index contributed by atoms with van der Waals surface area (Å²) in [4.78, 5) is 14.2. The minimum Gasteiger partial charge on any atom is -0.372 e. The molecule has 0 bridgehead atoms. The summed E-state index contributed by atoms with van der Waals surface area (Å²) < 4.78 is 0. The Labute approximate surface area is 90.2 Å². The van der Waals surface area contributed by atoms with Crippen LogP contribution in [0.5, 0.6) is 0 Å². The Bertz CT molecular complexity index is 311. The summed E-state index contributed by atoms with van der Waals surface area (Å²) in [6.45, 7) is 6.26. The van der Waals surface area contributed by atoms with Crippen molar-refractivity contribution in [2.75, 3.05) is 5.32 Å². The number of rotatable bonds is 4. The Morgan fingerprint density at radius 3 is 2.67 bits per heavy atom. The van der Waals surface area contributed by atoms with Gasteiger partial charge >= 0.3 is 0 Å². The number of nitrogens with one attached hydrogen (secondary N) is 2. The average molecular weight is 209 g/mol. The first-order chi connectivity index (χ1) is 6.88. The highest BCUT2D eigenvalue weighted by atomic mass is 16.1. The van der Waals surface area contributed by atoms with Crippen LogP contribution in [-0.4, -0.2) is 16.9 Å². The van der Waals surface area contributed by atoms with Crippen molar-refractivity contribution in [1.29, 1.82) is 0 Å². The van der Waals surface area contributed by atoms with Crippen LogP contribution in [0.4, 0.5) is 5.69 Å². The lowest BCUT2D eigenvalue weighted by molar-refractivity contribution is -0.119. The van der Waals surface area contributed by atoms with E-state index in [-0.39, 0.29) is 17.4 Å². The number of hydrogen-bond donors (Lipinski definition) is 3. The lowest BCUT2D eigenvalue weighted by Gasteiger charge is -2.24. The third-order valence-electron chi connectivity index (χ3n) is 2.10. The molecule has 4 N–H and O–H groups in total. The van der Waals surface area contributed by atoms with E-state index in [0.29, 0.717) is 6.42 Å². The largest absolute Gasteiger partial charge is 0.372 e. The van der Waals surface area contributed by atoms with Gasteiger partial charge in [0.2, 0.25) is 5.91 Å². The SMILES string of the molecule is CC(C)(C)CC(Nc1cc[nH]c1)C(N)=O. The van der Waals surface area contributed by atoms with Crippen molar-refractivity contribution < 1.29 is 4.79 Å². The zero-order valence-corrected chi connectivity index (χ0v) is 9.50. The minimum absolute atomic E-state index is 0.0724. The van der Waals surface area contributed by atoms with Crippen molar-refractivity contribution in [2.45, 2.75) is 33.2 Å². The molecular formula is C11H19N3O. The van der Waals surface area contributed by atoms with Gasteiger partial charge in [0, 0.05) is 12.4 Å². The molecule has 0 aliphatic rings. The summed E-state index contributed by atoms with van der Waals surface area (Å²) in [6.07, 6.45) is 4.32. The molecule has 1 heterocycles. The molecule has 0 saturated carbocycles. The van der Waals surface area contributed by atoms with Gasteiger partial charge in [-0.3, -0.25) is 4.79 Å². The molecule has 4 heteroatoms. The predicted octanol–water partition coefficient (Wildman–Crippen LogP) is 1.72. The van der Waals surface area contributed by atoms with E-state index in [9.17, 15) is 4.79 Å². The summed E-state index contributed by atoms with van der Waals surface area (Å²) in [6, 6.07) is 1.55. The zero-order valence-electron chi connectivity index (χ0n) is 9.50. The fourth-order valence-electron chi connectivity index (χ4n) is 1.45. The van der Waals surface area contributed by atoms with Gasteiger partial charge in [0.15, 0.2) is 0 Å². The molecule has 0 aliphatic heterocycles. The van der Waals surface area contributed by atoms with Crippen molar-refractivity contribution in [3.05, 3.63) is 18.5 Å². The van der Waals surface area contributed by atoms with Gasteiger partial charge in [-0.2, -0.15) is 0 Å². The molecule has 4 nitrogen and oxygen atoms in total. The Balaban J connectivity index is 2.63. The van der Waals surface area contributed by atoms with Gasteiger partial charge in [0.05, 0.1) is 5.69 Å². The van der Waals surface area contributed by atoms with Crippen molar-refractivity contribution in [1.82, 2.24) is 4.98 Å². The molecule has 0 radical (unpaired) electrons. The number of anilines is 1. The molecule has 84 valence electrons. The quantitative estimate of drug-likeness (QED) is 0.706. The maximum absolute atomic E-state index is 11.3. The molecule has 0 aromatic carbocycles. The first kappa shape index (κ1) is 11.6. The number of amides is 1. The third-order valence-corrected chi connectivity index (χ3v) is 2.10. The minimum atomic E-state index is -0.319. The first-order valence-corrected chi connectivity index (χ1v) is 5.07. The first-order valence-electron chi connectivity index (χ1n) is 5.07. The van der Waals surface area contributed by atoms with Crippen molar-refractivity contribution >= 4 is 11.6 Å². The highest BCUT2D eigenvalue weighted by Gasteiger charge is 2.22. The lowest BCUT2D eigenvalue weighted by Crippen LogP contribution is -2.38. The summed E-state index contributed by atoms with van der Waals surface area (Å²) >= 11 is 0. The highest BCUT2D eigenvalue weighted by Crippen LogP contribution is 2.22. The molecule has 1 aromatic rings. The van der Waals surface area contributed by atoms with Crippen LogP contribution in [0.2, 0.25) is 0 Å². The number of nitrogens with two attached hydrogens (primary N) is 1. The lowest BCUT2D eigenvalue weighted by atomic mass is 9.88. The van der Waals surface area contributed by atoms with Crippen LogP contribution in [0.25, 0.3) is 0 Å². The van der Waals surface area contributed by atoms with E-state index in [1.54, 1.807) is 12.4 Å². The van der Waals surface area contributed by atoms with Crippen molar-refractivity contribution in [2.24, 2.45) is 11.1 Å². The van der Waals surface area contributed by atoms with Gasteiger partial charge in [0.25, 0.3) is 0 Å². The van der Waals surface area contributed by atoms with E-state index in [1.807, 2.05) is 6.07 Å². The van der Waals surface area contributed by atoms with Gasteiger partial charge in [-0.15, -0.1) is 0 Å². The van der Waals surface area contributed by atoms with Gasteiger partial charge in [0.1, 0.15) is 6.04 Å². The number of carbonyl (C=O) groups is 1. The maximum Gasteiger partial charge on any atom is 0.239 e. The Morgan fingerprint density at radius 2 is 2.27 bits per heavy atom. The normalized spacial score (nSPS) is 13.5. The molecule has 15 heavy (non-hydrogen) atoms. The zero-order chi connectivity index (χ0) is 11.5. The average Bonchev–Trinajstić information content (AvgIpc) is 2.52. The van der Waals surface area contributed by atoms with E-state index in [2.05, 4.69) is 31.1 Å². The topological polar surface area (TPSA) is 70.9 Å². The molecule has 1 aromatic heterocycles. The van der Waals surface area contributed by atoms with E-state index in [4.69, 9.17) is 5.73 Å². The molecule has 1 amide bonds. The second-order valence-electron chi connectivity index (χ2n) is 4.96. The van der Waals surface area contributed by atoms with Crippen LogP contribution in [0.15, 0.2) is 18.5 Å². The van der Waals surface area contributed by atoms with Crippen molar-refractivity contribution in [3.63, 3.8) is 0 Å². The number of H-pyrrole nitrogens is 1. The van der Waals surface area contributed by atoms with E-state index < -0.39 is 0 Å². The van der Waals surface area contributed by atoms with Gasteiger partial charge < -0.3 is 16.0 Å².